The molecule has 52 heavy (non-hydrogen) atoms. The molecule has 0 spiro atoms. The number of benzene rings is 2. The topological polar surface area (TPSA) is 122 Å². The molecular weight excluding hydrogens is 654 g/mol. The maximum absolute atomic E-state index is 13.5. The molecule has 2 aromatic carbocycles. The number of piperazine rings is 1. The van der Waals surface area contributed by atoms with Gasteiger partial charge in [0.25, 0.3) is 5.56 Å². The fourth-order valence-corrected chi connectivity index (χ4v) is 9.29. The van der Waals surface area contributed by atoms with E-state index < -0.39 is 0 Å². The first-order valence-corrected chi connectivity index (χ1v) is 18.9. The molecule has 11 nitrogen and oxygen atoms in total. The van der Waals surface area contributed by atoms with Gasteiger partial charge in [-0.1, -0.05) is 19.9 Å². The smallest absolute Gasteiger partial charge is 0.256 e. The number of methoxy groups -OCH3 is 1. The molecule has 2 aromatic heterocycles. The first-order valence-electron chi connectivity index (χ1n) is 18.9. The van der Waals surface area contributed by atoms with E-state index in [0.717, 1.165) is 49.4 Å². The van der Waals surface area contributed by atoms with Gasteiger partial charge in [-0.3, -0.25) is 19.0 Å². The third-order valence-corrected chi connectivity index (χ3v) is 11.7. The second-order valence-electron chi connectivity index (χ2n) is 16.1. The molecule has 2 atom stereocenters. The number of fused-ring (bicyclic) bond motifs is 3. The Labute approximate surface area is 304 Å². The zero-order valence-corrected chi connectivity index (χ0v) is 30.4. The number of pyridine rings is 1. The first kappa shape index (κ1) is 34.2. The fourth-order valence-electron chi connectivity index (χ4n) is 9.29. The van der Waals surface area contributed by atoms with E-state index in [2.05, 4.69) is 39.3 Å². The van der Waals surface area contributed by atoms with Crippen molar-refractivity contribution in [3.05, 3.63) is 71.1 Å². The second kappa shape index (κ2) is 13.9. The molecule has 3 saturated carbocycles. The van der Waals surface area contributed by atoms with Crippen LogP contribution in [0.3, 0.4) is 0 Å². The monoisotopic (exact) mass is 703 g/mol. The summed E-state index contributed by atoms with van der Waals surface area (Å²) in [5, 5.41) is 6.95. The molecule has 4 aliphatic rings. The van der Waals surface area contributed by atoms with Crippen LogP contribution in [0.4, 0.5) is 23.0 Å². The van der Waals surface area contributed by atoms with Crippen LogP contribution in [0.25, 0.3) is 16.7 Å². The van der Waals surface area contributed by atoms with Crippen LogP contribution < -0.4 is 25.8 Å². The van der Waals surface area contributed by atoms with Crippen molar-refractivity contribution >= 4 is 45.9 Å². The van der Waals surface area contributed by atoms with Gasteiger partial charge in [0.15, 0.2) is 5.65 Å². The van der Waals surface area contributed by atoms with E-state index in [0.29, 0.717) is 65.2 Å². The summed E-state index contributed by atoms with van der Waals surface area (Å²) in [6, 6.07) is 16.4. The van der Waals surface area contributed by atoms with E-state index in [9.17, 15) is 14.4 Å². The Morgan fingerprint density at radius 2 is 1.71 bits per heavy atom. The number of nitrogens with one attached hydrogen (secondary N) is 2. The van der Waals surface area contributed by atoms with E-state index >= 15 is 0 Å². The predicted octanol–water partition coefficient (Wildman–Crippen LogP) is 6.77. The minimum Gasteiger partial charge on any atom is -0.494 e. The van der Waals surface area contributed by atoms with Crippen LogP contribution in [0, 0.1) is 29.1 Å². The standard InChI is InChI=1S/C41H49N7O4/c1-26-17-27-19-28(18-26)23-41(2,22-27)24-37(50)47-15-13-46(14-16-47)32-10-11-34(35(21-32)52-3)44-40-42-25-30-9-12-36(49)48(38(30)45-40)33-6-4-5-31(20-33)43-39(51)29-7-8-29/h4-6,9-12,20-21,25-29H,7-8,13-19,22-24H2,1-3H3,(H,43,51)(H,42,44,45). The summed E-state index contributed by atoms with van der Waals surface area (Å²) in [7, 11) is 1.63. The van der Waals surface area contributed by atoms with Gasteiger partial charge in [-0.15, -0.1) is 0 Å². The van der Waals surface area contributed by atoms with Gasteiger partial charge in [-0.25, -0.2) is 4.98 Å². The molecule has 2 unspecified atom stereocenters. The minimum absolute atomic E-state index is 0.00391. The molecule has 3 aliphatic carbocycles. The second-order valence-corrected chi connectivity index (χ2v) is 16.1. The van der Waals surface area contributed by atoms with Crippen LogP contribution in [0.2, 0.25) is 0 Å². The van der Waals surface area contributed by atoms with Crippen LogP contribution in [0.5, 0.6) is 5.75 Å². The Bertz CT molecular complexity index is 2030. The van der Waals surface area contributed by atoms with Crippen LogP contribution in [-0.2, 0) is 9.59 Å². The number of carbonyl (C=O) groups excluding carboxylic acids is 2. The summed E-state index contributed by atoms with van der Waals surface area (Å²) in [5.74, 6) is 3.73. The van der Waals surface area contributed by atoms with Gasteiger partial charge in [0.2, 0.25) is 17.8 Å². The van der Waals surface area contributed by atoms with Gasteiger partial charge in [-0.05, 0) is 105 Å². The predicted molar refractivity (Wildman–Crippen MR) is 204 cm³/mol. The number of hydrogen-bond donors (Lipinski definition) is 2. The molecule has 1 aliphatic heterocycles. The quantitative estimate of drug-likeness (QED) is 0.196. The van der Waals surface area contributed by atoms with Gasteiger partial charge in [0, 0.05) is 73.6 Å². The van der Waals surface area contributed by atoms with Gasteiger partial charge in [0.1, 0.15) is 5.75 Å². The average molecular weight is 704 g/mol. The number of amides is 2. The number of anilines is 4. The molecule has 3 heterocycles. The van der Waals surface area contributed by atoms with E-state index in [-0.39, 0.29) is 22.8 Å². The maximum atomic E-state index is 13.5. The van der Waals surface area contributed by atoms with Gasteiger partial charge in [0.05, 0.1) is 18.5 Å². The summed E-state index contributed by atoms with van der Waals surface area (Å²) in [6.45, 7) is 7.70. The number of hydrogen-bond acceptors (Lipinski definition) is 8. The van der Waals surface area contributed by atoms with E-state index in [4.69, 9.17) is 9.72 Å². The van der Waals surface area contributed by atoms with Gasteiger partial charge >= 0.3 is 0 Å². The highest BCUT2D eigenvalue weighted by Gasteiger charge is 2.42. The molecule has 2 bridgehead atoms. The Hall–Kier alpha value is -4.93. The molecule has 8 rings (SSSR count). The number of ether oxygens (including phenoxy) is 1. The lowest BCUT2D eigenvalue weighted by atomic mass is 9.58. The summed E-state index contributed by atoms with van der Waals surface area (Å²) in [6.07, 6.45) is 10.6. The third kappa shape index (κ3) is 7.22. The molecule has 4 fully saturated rings. The van der Waals surface area contributed by atoms with Crippen molar-refractivity contribution in [3.8, 4) is 11.4 Å². The van der Waals surface area contributed by atoms with Crippen LogP contribution in [0.15, 0.2) is 65.6 Å². The van der Waals surface area contributed by atoms with E-state index in [1.54, 1.807) is 25.4 Å². The summed E-state index contributed by atoms with van der Waals surface area (Å²) < 4.78 is 7.34. The molecule has 1 saturated heterocycles. The van der Waals surface area contributed by atoms with Gasteiger partial charge < -0.3 is 25.2 Å². The maximum Gasteiger partial charge on any atom is 0.256 e. The normalized spacial score (nSPS) is 24.4. The summed E-state index contributed by atoms with van der Waals surface area (Å²) in [5.41, 5.74) is 3.27. The van der Waals surface area contributed by atoms with Crippen molar-refractivity contribution in [2.75, 3.05) is 48.8 Å². The summed E-state index contributed by atoms with van der Waals surface area (Å²) >= 11 is 0. The van der Waals surface area contributed by atoms with Crippen molar-refractivity contribution in [3.63, 3.8) is 0 Å². The molecule has 272 valence electrons. The first-order chi connectivity index (χ1) is 25.1. The molecular formula is C41H49N7O4. The van der Waals surface area contributed by atoms with Crippen LogP contribution >= 0.6 is 0 Å². The number of nitrogens with zero attached hydrogens (tertiary/aromatic N) is 5. The molecule has 2 amide bonds. The molecule has 4 aromatic rings. The molecule has 2 N–H and O–H groups in total. The highest BCUT2D eigenvalue weighted by molar-refractivity contribution is 5.94. The van der Waals surface area contributed by atoms with Crippen molar-refractivity contribution in [1.29, 1.82) is 0 Å². The van der Waals surface area contributed by atoms with Crippen molar-refractivity contribution < 1.29 is 14.3 Å². The number of rotatable bonds is 9. The fraction of sp³-hybridized carbons (Fsp3) is 0.488. The molecule has 0 radical (unpaired) electrons. The largest absolute Gasteiger partial charge is 0.494 e. The average Bonchev–Trinajstić information content (AvgIpc) is 3.97. The Morgan fingerprint density at radius 1 is 0.942 bits per heavy atom. The lowest BCUT2D eigenvalue weighted by Gasteiger charge is -2.48. The van der Waals surface area contributed by atoms with Crippen molar-refractivity contribution in [1.82, 2.24) is 19.4 Å². The van der Waals surface area contributed by atoms with Crippen LogP contribution in [0.1, 0.15) is 65.2 Å². The summed E-state index contributed by atoms with van der Waals surface area (Å²) in [4.78, 5) is 52.8. The Kier molecular flexibility index (Phi) is 9.13. The minimum atomic E-state index is -0.244. The zero-order valence-electron chi connectivity index (χ0n) is 30.4. The highest BCUT2D eigenvalue weighted by Crippen LogP contribution is 2.51. The Balaban J connectivity index is 0.941. The zero-order chi connectivity index (χ0) is 36.0. The highest BCUT2D eigenvalue weighted by atomic mass is 16.5. The van der Waals surface area contributed by atoms with Crippen molar-refractivity contribution in [2.24, 2.45) is 29.1 Å². The van der Waals surface area contributed by atoms with E-state index in [1.165, 1.54) is 42.7 Å². The third-order valence-electron chi connectivity index (χ3n) is 11.7. The molecule has 11 heteroatoms. The van der Waals surface area contributed by atoms with Crippen LogP contribution in [-0.4, -0.2) is 64.5 Å². The number of carbonyl (C=O) groups is 2. The van der Waals surface area contributed by atoms with Crippen molar-refractivity contribution in [2.45, 2.75) is 65.2 Å². The SMILES string of the molecule is COc1cc(N2CCN(C(=O)CC3(C)CC4CC(C)CC(C4)C3)CC2)ccc1Nc1ncc2ccc(=O)n(-c3cccc(NC(=O)C4CC4)c3)c2n1. The Morgan fingerprint density at radius 3 is 2.44 bits per heavy atom. The number of aromatic nitrogens is 3. The lowest BCUT2D eigenvalue weighted by molar-refractivity contribution is -0.135. The van der Waals surface area contributed by atoms with Gasteiger partial charge in [-0.2, -0.15) is 4.98 Å². The van der Waals surface area contributed by atoms with E-state index in [1.807, 2.05) is 36.4 Å². The lowest BCUT2D eigenvalue weighted by Crippen LogP contribution is -2.50.